The lowest BCUT2D eigenvalue weighted by Gasteiger charge is -2.49. The molecule has 2 rings (SSSR count). The monoisotopic (exact) mass is 252 g/mol. The lowest BCUT2D eigenvalue weighted by atomic mass is 9.63. The molecule has 4 atom stereocenters. The second kappa shape index (κ2) is 5.04. The molecule has 1 fully saturated rings. The first kappa shape index (κ1) is 13.6. The van der Waals surface area contributed by atoms with Crippen molar-refractivity contribution >= 4 is 5.97 Å². The first-order valence-electron chi connectivity index (χ1n) is 6.94. The first-order valence-corrected chi connectivity index (χ1v) is 6.94. The smallest absolute Gasteiger partial charge is 0.305 e. The maximum atomic E-state index is 11.4. The molecule has 0 unspecified atom stereocenters. The Morgan fingerprint density at radius 2 is 2.28 bits per heavy atom. The van der Waals surface area contributed by atoms with E-state index in [9.17, 15) is 4.79 Å². The van der Waals surface area contributed by atoms with Gasteiger partial charge in [-0.05, 0) is 26.2 Å². The van der Waals surface area contributed by atoms with Gasteiger partial charge in [0.05, 0.1) is 19.3 Å². The Balaban J connectivity index is 2.14. The molecule has 18 heavy (non-hydrogen) atoms. The molecule has 0 saturated carbocycles. The van der Waals surface area contributed by atoms with Gasteiger partial charge in [-0.3, -0.25) is 4.79 Å². The molecule has 0 amide bonds. The van der Waals surface area contributed by atoms with Crippen molar-refractivity contribution in [3.8, 4) is 0 Å². The van der Waals surface area contributed by atoms with Gasteiger partial charge >= 0.3 is 5.97 Å². The van der Waals surface area contributed by atoms with Crippen LogP contribution in [0.4, 0.5) is 0 Å². The Morgan fingerprint density at radius 1 is 1.56 bits per heavy atom. The van der Waals surface area contributed by atoms with Crippen molar-refractivity contribution in [3.05, 3.63) is 11.6 Å². The van der Waals surface area contributed by atoms with Crippen molar-refractivity contribution in [3.63, 3.8) is 0 Å². The van der Waals surface area contributed by atoms with Crippen LogP contribution in [0.2, 0.25) is 0 Å². The Bertz CT molecular complexity index is 361. The van der Waals surface area contributed by atoms with Crippen LogP contribution in [-0.4, -0.2) is 25.3 Å². The van der Waals surface area contributed by atoms with Gasteiger partial charge in [-0.2, -0.15) is 0 Å². The van der Waals surface area contributed by atoms with E-state index in [4.69, 9.17) is 9.47 Å². The first-order chi connectivity index (χ1) is 8.48. The number of carbonyl (C=O) groups excluding carboxylic acids is 1. The average molecular weight is 252 g/mol. The van der Waals surface area contributed by atoms with Crippen molar-refractivity contribution in [2.45, 2.75) is 46.6 Å². The molecule has 3 nitrogen and oxygen atoms in total. The van der Waals surface area contributed by atoms with Gasteiger partial charge in [-0.15, -0.1) is 0 Å². The molecule has 102 valence electrons. The van der Waals surface area contributed by atoms with Crippen LogP contribution < -0.4 is 0 Å². The summed E-state index contributed by atoms with van der Waals surface area (Å²) >= 11 is 0. The summed E-state index contributed by atoms with van der Waals surface area (Å²) in [5.41, 5.74) is 1.41. The molecule has 0 N–H and O–H groups in total. The van der Waals surface area contributed by atoms with Crippen molar-refractivity contribution in [2.75, 3.05) is 13.2 Å². The third-order valence-corrected chi connectivity index (χ3v) is 4.70. The molecule has 1 aliphatic carbocycles. The predicted octanol–water partition coefficient (Wildman–Crippen LogP) is 2.95. The number of hydrogen-bond donors (Lipinski definition) is 0. The van der Waals surface area contributed by atoms with Crippen LogP contribution in [0.1, 0.15) is 40.5 Å². The van der Waals surface area contributed by atoms with Crippen LogP contribution in [0.15, 0.2) is 11.6 Å². The summed E-state index contributed by atoms with van der Waals surface area (Å²) in [5, 5.41) is 0. The fraction of sp³-hybridized carbons (Fsp3) is 0.800. The summed E-state index contributed by atoms with van der Waals surface area (Å²) in [5.74, 6) is 0.777. The fourth-order valence-electron chi connectivity index (χ4n) is 3.18. The van der Waals surface area contributed by atoms with Crippen LogP contribution in [0.25, 0.3) is 0 Å². The van der Waals surface area contributed by atoms with Crippen LogP contribution in [-0.2, 0) is 14.3 Å². The van der Waals surface area contributed by atoms with E-state index in [1.54, 1.807) is 0 Å². The van der Waals surface area contributed by atoms with E-state index < -0.39 is 0 Å². The van der Waals surface area contributed by atoms with Crippen molar-refractivity contribution in [1.82, 2.24) is 0 Å². The molecular weight excluding hydrogens is 228 g/mol. The van der Waals surface area contributed by atoms with E-state index >= 15 is 0 Å². The number of rotatable bonds is 3. The molecule has 0 aromatic heterocycles. The molecule has 1 aliphatic heterocycles. The molecule has 2 bridgehead atoms. The fourth-order valence-corrected chi connectivity index (χ4v) is 3.18. The van der Waals surface area contributed by atoms with Gasteiger partial charge in [0.15, 0.2) is 0 Å². The number of allylic oxidation sites excluding steroid dienone is 1. The zero-order valence-corrected chi connectivity index (χ0v) is 11.9. The number of hydrogen-bond acceptors (Lipinski definition) is 3. The quantitative estimate of drug-likeness (QED) is 0.572. The zero-order chi connectivity index (χ0) is 13.3. The summed E-state index contributed by atoms with van der Waals surface area (Å²) in [6, 6.07) is 0. The van der Waals surface area contributed by atoms with Crippen molar-refractivity contribution in [1.29, 1.82) is 0 Å². The van der Waals surface area contributed by atoms with Gasteiger partial charge in [0, 0.05) is 17.8 Å². The molecule has 2 aliphatic rings. The normalized spacial score (nSPS) is 39.1. The van der Waals surface area contributed by atoms with Gasteiger partial charge in [0.25, 0.3) is 0 Å². The third kappa shape index (κ3) is 2.33. The largest absolute Gasteiger partial charge is 0.465 e. The average Bonchev–Trinajstić information content (AvgIpc) is 2.36. The van der Waals surface area contributed by atoms with Gasteiger partial charge in [0.2, 0.25) is 0 Å². The predicted molar refractivity (Wildman–Crippen MR) is 70.1 cm³/mol. The lowest BCUT2D eigenvalue weighted by Crippen LogP contribution is -2.50. The van der Waals surface area contributed by atoms with Gasteiger partial charge in [-0.25, -0.2) is 0 Å². The molecule has 0 aromatic carbocycles. The van der Waals surface area contributed by atoms with Crippen LogP contribution >= 0.6 is 0 Å². The van der Waals surface area contributed by atoms with Gasteiger partial charge in [-0.1, -0.05) is 25.5 Å². The van der Waals surface area contributed by atoms with E-state index in [1.807, 2.05) is 6.92 Å². The molecular formula is C15H24O3. The topological polar surface area (TPSA) is 35.5 Å². The standard InChI is InChI=1S/C15H24O3/c1-5-14(16)18-9-15-7-13(12(4)17-8-15)10(2)6-11(15)3/h6,11-13H,5,7-9H2,1-4H3/t11-,12-,13+,15+/m0/s1. The second-order valence-electron chi connectivity index (χ2n) is 5.90. The molecule has 0 spiro atoms. The van der Waals surface area contributed by atoms with E-state index in [-0.39, 0.29) is 17.5 Å². The molecule has 1 saturated heterocycles. The minimum atomic E-state index is -0.113. The summed E-state index contributed by atoms with van der Waals surface area (Å²) in [4.78, 5) is 11.4. The number of esters is 1. The Labute approximate surface area is 110 Å². The maximum Gasteiger partial charge on any atom is 0.305 e. The van der Waals surface area contributed by atoms with E-state index in [0.29, 0.717) is 31.5 Å². The summed E-state index contributed by atoms with van der Waals surface area (Å²) in [7, 11) is 0. The number of fused-ring (bicyclic) bond motifs is 2. The molecule has 1 heterocycles. The van der Waals surface area contributed by atoms with Crippen LogP contribution in [0.5, 0.6) is 0 Å². The number of carbonyl (C=O) groups is 1. The lowest BCUT2D eigenvalue weighted by molar-refractivity contribution is -0.161. The van der Waals surface area contributed by atoms with Crippen molar-refractivity contribution in [2.24, 2.45) is 17.3 Å². The second-order valence-corrected chi connectivity index (χ2v) is 5.90. The minimum absolute atomic E-state index is 0.0124. The zero-order valence-electron chi connectivity index (χ0n) is 11.9. The van der Waals surface area contributed by atoms with E-state index in [0.717, 1.165) is 6.42 Å². The molecule has 0 radical (unpaired) electrons. The van der Waals surface area contributed by atoms with Gasteiger partial charge < -0.3 is 9.47 Å². The van der Waals surface area contributed by atoms with Crippen molar-refractivity contribution < 1.29 is 14.3 Å². The highest BCUT2D eigenvalue weighted by molar-refractivity contribution is 5.68. The molecule has 3 heteroatoms. The Hall–Kier alpha value is -0.830. The Morgan fingerprint density at radius 3 is 2.94 bits per heavy atom. The van der Waals surface area contributed by atoms with E-state index in [1.165, 1.54) is 5.57 Å². The highest BCUT2D eigenvalue weighted by atomic mass is 16.5. The third-order valence-electron chi connectivity index (χ3n) is 4.70. The minimum Gasteiger partial charge on any atom is -0.465 e. The van der Waals surface area contributed by atoms with Gasteiger partial charge in [0.1, 0.15) is 0 Å². The van der Waals surface area contributed by atoms with Crippen LogP contribution in [0.3, 0.4) is 0 Å². The summed E-state index contributed by atoms with van der Waals surface area (Å²) in [6.07, 6.45) is 4.14. The maximum absolute atomic E-state index is 11.4. The van der Waals surface area contributed by atoms with Crippen LogP contribution in [0, 0.1) is 17.3 Å². The summed E-state index contributed by atoms with van der Waals surface area (Å²) in [6.45, 7) is 9.56. The van der Waals surface area contributed by atoms with E-state index in [2.05, 4.69) is 26.8 Å². The molecule has 0 aromatic rings. The summed E-state index contributed by atoms with van der Waals surface area (Å²) < 4.78 is 11.3. The highest BCUT2D eigenvalue weighted by Crippen LogP contribution is 2.48. The Kier molecular flexibility index (Phi) is 3.81. The highest BCUT2D eigenvalue weighted by Gasteiger charge is 2.47. The SMILES string of the molecule is CCC(=O)OC[C@]12CO[C@@H](C)[C@H](C1)C(C)=C[C@@H]2C. The number of ether oxygens (including phenoxy) is 2.